The number of nitrogens with zero attached hydrogens (tertiary/aromatic N) is 1. The lowest BCUT2D eigenvalue weighted by Gasteiger charge is -2.10. The molecule has 0 amide bonds. The Hall–Kier alpha value is -2.69. The number of rotatable bonds is 5. The minimum Gasteiger partial charge on any atom is -0.481 e. The molecular formula is C16H15NO4. The van der Waals surface area contributed by atoms with Gasteiger partial charge in [-0.2, -0.15) is 0 Å². The van der Waals surface area contributed by atoms with Crippen LogP contribution in [0.2, 0.25) is 0 Å². The maximum atomic E-state index is 10.8. The molecule has 1 aromatic carbocycles. The molecular weight excluding hydrogens is 270 g/mol. The van der Waals surface area contributed by atoms with Crippen molar-refractivity contribution >= 4 is 11.9 Å². The van der Waals surface area contributed by atoms with Gasteiger partial charge in [-0.3, -0.25) is 9.78 Å². The molecule has 1 aromatic heterocycles. The van der Waals surface area contributed by atoms with Gasteiger partial charge in [0.25, 0.3) is 0 Å². The maximum Gasteiger partial charge on any atom is 0.335 e. The lowest BCUT2D eigenvalue weighted by molar-refractivity contribution is -0.137. The zero-order valence-electron chi connectivity index (χ0n) is 11.5. The molecule has 0 aliphatic carbocycles. The summed E-state index contributed by atoms with van der Waals surface area (Å²) >= 11 is 0. The van der Waals surface area contributed by atoms with Crippen molar-refractivity contribution in [3.05, 3.63) is 53.9 Å². The van der Waals surface area contributed by atoms with E-state index in [4.69, 9.17) is 10.2 Å². The zero-order valence-corrected chi connectivity index (χ0v) is 11.5. The SMILES string of the molecule is CC(CC(=O)O)c1cncc(-c2ccc(C(=O)O)cc2)c1. The summed E-state index contributed by atoms with van der Waals surface area (Å²) < 4.78 is 0. The largest absolute Gasteiger partial charge is 0.481 e. The van der Waals surface area contributed by atoms with Crippen LogP contribution in [-0.2, 0) is 4.79 Å². The monoisotopic (exact) mass is 285 g/mol. The number of aromatic carboxylic acids is 1. The second-order valence-electron chi connectivity index (χ2n) is 4.89. The van der Waals surface area contributed by atoms with Gasteiger partial charge in [0, 0.05) is 18.0 Å². The van der Waals surface area contributed by atoms with Gasteiger partial charge in [-0.15, -0.1) is 0 Å². The van der Waals surface area contributed by atoms with E-state index >= 15 is 0 Å². The molecule has 5 heteroatoms. The Labute approximate surface area is 121 Å². The molecule has 0 aliphatic rings. The van der Waals surface area contributed by atoms with Crippen LogP contribution in [0.4, 0.5) is 0 Å². The molecule has 0 saturated heterocycles. The molecule has 1 heterocycles. The summed E-state index contributed by atoms with van der Waals surface area (Å²) in [6.07, 6.45) is 3.37. The Morgan fingerprint density at radius 2 is 1.76 bits per heavy atom. The van der Waals surface area contributed by atoms with E-state index in [1.165, 1.54) is 12.1 Å². The number of benzene rings is 1. The molecule has 0 radical (unpaired) electrons. The Morgan fingerprint density at radius 1 is 1.10 bits per heavy atom. The molecule has 1 unspecified atom stereocenters. The molecule has 2 aromatic rings. The van der Waals surface area contributed by atoms with Gasteiger partial charge >= 0.3 is 11.9 Å². The highest BCUT2D eigenvalue weighted by Gasteiger charge is 2.12. The Kier molecular flexibility index (Phi) is 4.33. The molecule has 5 nitrogen and oxygen atoms in total. The van der Waals surface area contributed by atoms with Crippen LogP contribution in [-0.4, -0.2) is 27.1 Å². The van der Waals surface area contributed by atoms with Crippen molar-refractivity contribution in [1.82, 2.24) is 4.98 Å². The van der Waals surface area contributed by atoms with Crippen LogP contribution in [0.1, 0.15) is 35.2 Å². The molecule has 0 saturated carbocycles. The number of hydrogen-bond donors (Lipinski definition) is 2. The zero-order chi connectivity index (χ0) is 15.4. The van der Waals surface area contributed by atoms with Crippen molar-refractivity contribution < 1.29 is 19.8 Å². The smallest absolute Gasteiger partial charge is 0.335 e. The van der Waals surface area contributed by atoms with Gasteiger partial charge in [0.05, 0.1) is 12.0 Å². The molecule has 21 heavy (non-hydrogen) atoms. The van der Waals surface area contributed by atoms with E-state index in [9.17, 15) is 9.59 Å². The fraction of sp³-hybridized carbons (Fsp3) is 0.188. The van der Waals surface area contributed by atoms with Crippen LogP contribution in [0.15, 0.2) is 42.7 Å². The Morgan fingerprint density at radius 3 is 2.33 bits per heavy atom. The minimum absolute atomic E-state index is 0.0447. The standard InChI is InChI=1S/C16H15NO4/c1-10(6-15(18)19)13-7-14(9-17-8-13)11-2-4-12(5-3-11)16(20)21/h2-5,7-10H,6H2,1H3,(H,18,19)(H,20,21). The van der Waals surface area contributed by atoms with Gasteiger partial charge < -0.3 is 10.2 Å². The number of carboxylic acid groups (broad SMARTS) is 2. The topological polar surface area (TPSA) is 87.5 Å². The summed E-state index contributed by atoms with van der Waals surface area (Å²) in [7, 11) is 0. The Balaban J connectivity index is 2.28. The first-order valence-corrected chi connectivity index (χ1v) is 6.48. The maximum absolute atomic E-state index is 10.8. The van der Waals surface area contributed by atoms with Crippen molar-refractivity contribution in [2.24, 2.45) is 0 Å². The first kappa shape index (κ1) is 14.7. The molecule has 108 valence electrons. The highest BCUT2D eigenvalue weighted by atomic mass is 16.4. The van der Waals surface area contributed by atoms with Gasteiger partial charge in [0.15, 0.2) is 0 Å². The van der Waals surface area contributed by atoms with Gasteiger partial charge in [-0.1, -0.05) is 19.1 Å². The number of aliphatic carboxylic acids is 1. The predicted octanol–water partition coefficient (Wildman–Crippen LogP) is 3.03. The van der Waals surface area contributed by atoms with Crippen LogP contribution in [0.5, 0.6) is 0 Å². The summed E-state index contributed by atoms with van der Waals surface area (Å²) in [5.41, 5.74) is 2.75. The van der Waals surface area contributed by atoms with E-state index in [-0.39, 0.29) is 17.9 Å². The first-order chi connectivity index (χ1) is 9.97. The van der Waals surface area contributed by atoms with E-state index < -0.39 is 11.9 Å². The molecule has 1 atom stereocenters. The van der Waals surface area contributed by atoms with E-state index in [0.717, 1.165) is 16.7 Å². The summed E-state index contributed by atoms with van der Waals surface area (Å²) in [6.45, 7) is 1.84. The van der Waals surface area contributed by atoms with Crippen molar-refractivity contribution in [3.8, 4) is 11.1 Å². The van der Waals surface area contributed by atoms with E-state index in [1.807, 2.05) is 13.0 Å². The molecule has 0 spiro atoms. The first-order valence-electron chi connectivity index (χ1n) is 6.48. The van der Waals surface area contributed by atoms with E-state index in [2.05, 4.69) is 4.98 Å². The summed E-state index contributed by atoms with van der Waals surface area (Å²) in [4.78, 5) is 25.7. The van der Waals surface area contributed by atoms with Crippen molar-refractivity contribution in [3.63, 3.8) is 0 Å². The van der Waals surface area contributed by atoms with Crippen molar-refractivity contribution in [1.29, 1.82) is 0 Å². The minimum atomic E-state index is -0.969. The third kappa shape index (κ3) is 3.66. The van der Waals surface area contributed by atoms with Crippen LogP contribution >= 0.6 is 0 Å². The number of carbonyl (C=O) groups is 2. The number of pyridine rings is 1. The molecule has 2 N–H and O–H groups in total. The van der Waals surface area contributed by atoms with Gasteiger partial charge in [0.1, 0.15) is 0 Å². The van der Waals surface area contributed by atoms with Gasteiger partial charge in [0.2, 0.25) is 0 Å². The van der Waals surface area contributed by atoms with Gasteiger partial charge in [-0.25, -0.2) is 4.79 Å². The third-order valence-corrected chi connectivity index (χ3v) is 3.27. The lowest BCUT2D eigenvalue weighted by atomic mass is 9.96. The summed E-state index contributed by atoms with van der Waals surface area (Å²) in [5, 5.41) is 17.7. The highest BCUT2D eigenvalue weighted by molar-refractivity contribution is 5.88. The molecule has 2 rings (SSSR count). The van der Waals surface area contributed by atoms with Crippen molar-refractivity contribution in [2.75, 3.05) is 0 Å². The highest BCUT2D eigenvalue weighted by Crippen LogP contribution is 2.25. The average molecular weight is 285 g/mol. The summed E-state index contributed by atoms with van der Waals surface area (Å²) in [5.74, 6) is -1.95. The van der Waals surface area contributed by atoms with Gasteiger partial charge in [-0.05, 0) is 35.2 Å². The van der Waals surface area contributed by atoms with Crippen LogP contribution in [0.3, 0.4) is 0 Å². The molecule has 0 aliphatic heterocycles. The second-order valence-corrected chi connectivity index (χ2v) is 4.89. The average Bonchev–Trinajstić information content (AvgIpc) is 2.47. The lowest BCUT2D eigenvalue weighted by Crippen LogP contribution is -2.03. The van der Waals surface area contributed by atoms with Crippen LogP contribution in [0.25, 0.3) is 11.1 Å². The number of hydrogen-bond acceptors (Lipinski definition) is 3. The van der Waals surface area contributed by atoms with Crippen molar-refractivity contribution in [2.45, 2.75) is 19.3 Å². The van der Waals surface area contributed by atoms with Crippen LogP contribution < -0.4 is 0 Å². The van der Waals surface area contributed by atoms with E-state index in [1.54, 1.807) is 24.5 Å². The fourth-order valence-electron chi connectivity index (χ4n) is 2.07. The predicted molar refractivity (Wildman–Crippen MR) is 77.3 cm³/mol. The fourth-order valence-corrected chi connectivity index (χ4v) is 2.07. The number of aromatic nitrogens is 1. The Bertz CT molecular complexity index is 664. The second kappa shape index (κ2) is 6.17. The normalized spacial score (nSPS) is 11.9. The molecule has 0 bridgehead atoms. The number of carboxylic acids is 2. The third-order valence-electron chi connectivity index (χ3n) is 3.27. The van der Waals surface area contributed by atoms with Crippen LogP contribution in [0, 0.1) is 0 Å². The summed E-state index contributed by atoms with van der Waals surface area (Å²) in [6, 6.07) is 8.38. The quantitative estimate of drug-likeness (QED) is 0.881. The molecule has 0 fully saturated rings. The van der Waals surface area contributed by atoms with E-state index in [0.29, 0.717) is 0 Å².